The normalized spacial score (nSPS) is 13.5. The fourth-order valence-corrected chi connectivity index (χ4v) is 5.71. The lowest BCUT2D eigenvalue weighted by atomic mass is 10.2. The fraction of sp³-hybridized carbons (Fsp3) is 0.160. The first-order valence-electron chi connectivity index (χ1n) is 10.2. The molecule has 0 saturated carbocycles. The highest BCUT2D eigenvalue weighted by Crippen LogP contribution is 2.32. The van der Waals surface area contributed by atoms with E-state index < -0.39 is 9.84 Å². The van der Waals surface area contributed by atoms with Crippen molar-refractivity contribution in [1.29, 1.82) is 0 Å². The average Bonchev–Trinajstić information content (AvgIpc) is 3.36. The molecule has 0 N–H and O–H groups in total. The lowest BCUT2D eigenvalue weighted by molar-refractivity contribution is -0.119. The maximum absolute atomic E-state index is 13.4. The van der Waals surface area contributed by atoms with Crippen molar-refractivity contribution in [3.63, 3.8) is 0 Å². The SMILES string of the molecule is Cc1ccc(S(=O)(=O)c2cn(CC(=O)N3CCc4ccccc43)c3ccccc23)cc1. The van der Waals surface area contributed by atoms with E-state index in [1.165, 1.54) is 0 Å². The summed E-state index contributed by atoms with van der Waals surface area (Å²) in [5, 5.41) is 0.623. The number of carbonyl (C=O) groups excluding carboxylic acids is 1. The van der Waals surface area contributed by atoms with Gasteiger partial charge in [-0.25, -0.2) is 8.42 Å². The van der Waals surface area contributed by atoms with Crippen molar-refractivity contribution in [2.45, 2.75) is 29.7 Å². The molecule has 4 aromatic rings. The highest BCUT2D eigenvalue weighted by molar-refractivity contribution is 7.91. The van der Waals surface area contributed by atoms with Crippen LogP contribution in [0, 0.1) is 6.92 Å². The van der Waals surface area contributed by atoms with Crippen LogP contribution in [0.2, 0.25) is 0 Å². The molecule has 31 heavy (non-hydrogen) atoms. The summed E-state index contributed by atoms with van der Waals surface area (Å²) < 4.78 is 28.5. The maximum Gasteiger partial charge on any atom is 0.246 e. The van der Waals surface area contributed by atoms with E-state index >= 15 is 0 Å². The van der Waals surface area contributed by atoms with Crippen LogP contribution in [0.15, 0.2) is 88.8 Å². The number of fused-ring (bicyclic) bond motifs is 2. The van der Waals surface area contributed by atoms with Crippen LogP contribution in [-0.2, 0) is 27.6 Å². The maximum atomic E-state index is 13.4. The minimum atomic E-state index is -3.71. The molecule has 3 aromatic carbocycles. The van der Waals surface area contributed by atoms with Crippen molar-refractivity contribution in [2.75, 3.05) is 11.4 Å². The summed E-state index contributed by atoms with van der Waals surface area (Å²) in [5.41, 5.74) is 3.83. The standard InChI is InChI=1S/C25H22N2O3S/c1-18-10-12-20(13-11-18)31(29,30)24-16-26(23-9-5-3-7-21(23)24)17-25(28)27-15-14-19-6-2-4-8-22(19)27/h2-13,16H,14-15,17H2,1H3. The van der Waals surface area contributed by atoms with Gasteiger partial charge in [-0.3, -0.25) is 4.79 Å². The number of aryl methyl sites for hydroxylation is 1. The van der Waals surface area contributed by atoms with Gasteiger partial charge < -0.3 is 9.47 Å². The number of anilines is 1. The Bertz CT molecular complexity index is 1400. The number of sulfone groups is 1. The molecule has 0 unspecified atom stereocenters. The zero-order valence-electron chi connectivity index (χ0n) is 17.2. The van der Waals surface area contributed by atoms with E-state index in [0.29, 0.717) is 11.9 Å². The molecular weight excluding hydrogens is 408 g/mol. The molecule has 5 rings (SSSR count). The van der Waals surface area contributed by atoms with Gasteiger partial charge in [0.2, 0.25) is 15.7 Å². The Morgan fingerprint density at radius 3 is 2.45 bits per heavy atom. The van der Waals surface area contributed by atoms with Gasteiger partial charge in [0.15, 0.2) is 0 Å². The Morgan fingerprint density at radius 1 is 0.935 bits per heavy atom. The number of benzene rings is 3. The Labute approximate surface area is 181 Å². The van der Waals surface area contributed by atoms with E-state index in [2.05, 4.69) is 0 Å². The van der Waals surface area contributed by atoms with Gasteiger partial charge in [-0.2, -0.15) is 0 Å². The first-order valence-corrected chi connectivity index (χ1v) is 11.7. The molecule has 0 bridgehead atoms. The van der Waals surface area contributed by atoms with Crippen LogP contribution >= 0.6 is 0 Å². The molecule has 0 saturated heterocycles. The quantitative estimate of drug-likeness (QED) is 0.483. The van der Waals surface area contributed by atoms with Crippen LogP contribution in [0.3, 0.4) is 0 Å². The van der Waals surface area contributed by atoms with Crippen molar-refractivity contribution >= 4 is 32.3 Å². The molecule has 0 spiro atoms. The third kappa shape index (κ3) is 3.33. The van der Waals surface area contributed by atoms with Gasteiger partial charge >= 0.3 is 0 Å². The molecule has 0 aliphatic carbocycles. The molecule has 0 radical (unpaired) electrons. The van der Waals surface area contributed by atoms with Crippen LogP contribution in [0.5, 0.6) is 0 Å². The smallest absolute Gasteiger partial charge is 0.246 e. The largest absolute Gasteiger partial charge is 0.337 e. The highest BCUT2D eigenvalue weighted by atomic mass is 32.2. The molecule has 156 valence electrons. The van der Waals surface area contributed by atoms with Crippen molar-refractivity contribution < 1.29 is 13.2 Å². The Kier molecular flexibility index (Phi) is 4.67. The van der Waals surface area contributed by atoms with E-state index in [-0.39, 0.29) is 22.2 Å². The second kappa shape index (κ2) is 7.39. The summed E-state index contributed by atoms with van der Waals surface area (Å²) in [6, 6.07) is 22.1. The number of carbonyl (C=O) groups is 1. The average molecular weight is 431 g/mol. The summed E-state index contributed by atoms with van der Waals surface area (Å²) in [6.07, 6.45) is 2.43. The first kappa shape index (κ1) is 19.6. The van der Waals surface area contributed by atoms with Crippen LogP contribution < -0.4 is 4.90 Å². The molecule has 6 heteroatoms. The van der Waals surface area contributed by atoms with E-state index in [1.807, 2.05) is 49.4 Å². The Hall–Kier alpha value is -3.38. The third-order valence-electron chi connectivity index (χ3n) is 5.87. The molecule has 1 aliphatic rings. The first-order chi connectivity index (χ1) is 14.9. The van der Waals surface area contributed by atoms with Crippen LogP contribution in [0.1, 0.15) is 11.1 Å². The number of rotatable bonds is 4. The van der Waals surface area contributed by atoms with Gasteiger partial charge in [0.05, 0.1) is 9.79 Å². The summed E-state index contributed by atoms with van der Waals surface area (Å²) >= 11 is 0. The predicted octanol–water partition coefficient (Wildman–Crippen LogP) is 4.37. The number of para-hydroxylation sites is 2. The van der Waals surface area contributed by atoms with Crippen LogP contribution in [0.25, 0.3) is 10.9 Å². The molecule has 5 nitrogen and oxygen atoms in total. The summed E-state index contributed by atoms with van der Waals surface area (Å²) in [7, 11) is -3.71. The minimum Gasteiger partial charge on any atom is -0.337 e. The Morgan fingerprint density at radius 2 is 1.65 bits per heavy atom. The highest BCUT2D eigenvalue weighted by Gasteiger charge is 2.27. The lowest BCUT2D eigenvalue weighted by Crippen LogP contribution is -2.32. The molecule has 1 amide bonds. The van der Waals surface area contributed by atoms with Gasteiger partial charge in [-0.05, 0) is 43.2 Å². The Balaban J connectivity index is 1.54. The topological polar surface area (TPSA) is 59.4 Å². The third-order valence-corrected chi connectivity index (χ3v) is 7.66. The molecule has 0 atom stereocenters. The summed E-state index contributed by atoms with van der Waals surface area (Å²) in [6.45, 7) is 2.65. The zero-order valence-corrected chi connectivity index (χ0v) is 18.0. The van der Waals surface area contributed by atoms with Crippen LogP contribution in [0.4, 0.5) is 5.69 Å². The van der Waals surface area contributed by atoms with Crippen molar-refractivity contribution in [3.8, 4) is 0 Å². The predicted molar refractivity (Wildman–Crippen MR) is 121 cm³/mol. The summed E-state index contributed by atoms with van der Waals surface area (Å²) in [5.74, 6) is -0.0509. The van der Waals surface area contributed by atoms with E-state index in [1.54, 1.807) is 46.0 Å². The summed E-state index contributed by atoms with van der Waals surface area (Å²) in [4.78, 5) is 15.4. The minimum absolute atomic E-state index is 0.0509. The van der Waals surface area contributed by atoms with E-state index in [9.17, 15) is 13.2 Å². The van der Waals surface area contributed by atoms with Crippen molar-refractivity contribution in [3.05, 3.63) is 90.1 Å². The number of aromatic nitrogens is 1. The molecular formula is C25H22N2O3S. The number of amides is 1. The molecule has 2 heterocycles. The van der Waals surface area contributed by atoms with E-state index in [4.69, 9.17) is 0 Å². The second-order valence-corrected chi connectivity index (χ2v) is 9.80. The molecule has 1 aromatic heterocycles. The van der Waals surface area contributed by atoms with Gasteiger partial charge in [0, 0.05) is 29.3 Å². The van der Waals surface area contributed by atoms with Gasteiger partial charge in [-0.1, -0.05) is 54.1 Å². The fourth-order valence-electron chi connectivity index (χ4n) is 4.23. The van der Waals surface area contributed by atoms with E-state index in [0.717, 1.165) is 28.8 Å². The molecule has 1 aliphatic heterocycles. The number of nitrogens with zero attached hydrogens (tertiary/aromatic N) is 2. The van der Waals surface area contributed by atoms with Crippen molar-refractivity contribution in [1.82, 2.24) is 4.57 Å². The van der Waals surface area contributed by atoms with Gasteiger partial charge in [0.1, 0.15) is 6.54 Å². The monoisotopic (exact) mass is 430 g/mol. The number of hydrogen-bond donors (Lipinski definition) is 0. The molecule has 0 fully saturated rings. The van der Waals surface area contributed by atoms with Gasteiger partial charge in [0.25, 0.3) is 0 Å². The second-order valence-electron chi connectivity index (χ2n) is 7.88. The lowest BCUT2D eigenvalue weighted by Gasteiger charge is -2.18. The number of hydrogen-bond acceptors (Lipinski definition) is 3. The van der Waals surface area contributed by atoms with Gasteiger partial charge in [-0.15, -0.1) is 0 Å². The van der Waals surface area contributed by atoms with Crippen LogP contribution in [-0.4, -0.2) is 25.4 Å². The zero-order chi connectivity index (χ0) is 21.6. The van der Waals surface area contributed by atoms with Crippen molar-refractivity contribution in [2.24, 2.45) is 0 Å².